The van der Waals surface area contributed by atoms with Gasteiger partial charge in [-0.2, -0.15) is 0 Å². The number of benzene rings is 2. The Bertz CT molecular complexity index is 597. The van der Waals surface area contributed by atoms with Gasteiger partial charge in [0.2, 0.25) is 0 Å². The number of hydrogen-bond donors (Lipinski definition) is 2. The SMILES string of the molecule is Cc1ccc(C(NN)C2CC2c2ccccc2)cc1Cl. The van der Waals surface area contributed by atoms with E-state index in [1.54, 1.807) is 0 Å². The monoisotopic (exact) mass is 286 g/mol. The van der Waals surface area contributed by atoms with Crippen molar-refractivity contribution in [3.05, 3.63) is 70.2 Å². The maximum atomic E-state index is 6.22. The van der Waals surface area contributed by atoms with Crippen molar-refractivity contribution < 1.29 is 0 Å². The second kappa shape index (κ2) is 5.57. The van der Waals surface area contributed by atoms with Crippen LogP contribution in [0.15, 0.2) is 48.5 Å². The van der Waals surface area contributed by atoms with Crippen LogP contribution in [0, 0.1) is 12.8 Å². The molecule has 3 atom stereocenters. The smallest absolute Gasteiger partial charge is 0.0494 e. The summed E-state index contributed by atoms with van der Waals surface area (Å²) >= 11 is 6.22. The number of nitrogens with two attached hydrogens (primary N) is 1. The molecule has 104 valence electrons. The molecule has 0 aliphatic heterocycles. The number of rotatable bonds is 4. The standard InChI is InChI=1S/C17H19ClN2/c1-11-7-8-13(9-16(11)18)17(20-19)15-10-14(15)12-5-3-2-4-6-12/h2-9,14-15,17,20H,10,19H2,1H3. The Hall–Kier alpha value is -1.35. The highest BCUT2D eigenvalue weighted by molar-refractivity contribution is 6.31. The van der Waals surface area contributed by atoms with E-state index in [0.717, 1.165) is 10.6 Å². The molecule has 3 heteroatoms. The topological polar surface area (TPSA) is 38.0 Å². The third kappa shape index (κ3) is 2.59. The molecule has 3 unspecified atom stereocenters. The van der Waals surface area contributed by atoms with Crippen molar-refractivity contribution in [3.63, 3.8) is 0 Å². The van der Waals surface area contributed by atoms with Crippen LogP contribution in [0.2, 0.25) is 5.02 Å². The van der Waals surface area contributed by atoms with Gasteiger partial charge in [0.05, 0.1) is 0 Å². The number of halogens is 1. The minimum absolute atomic E-state index is 0.165. The molecule has 2 nitrogen and oxygen atoms in total. The van der Waals surface area contributed by atoms with E-state index in [0.29, 0.717) is 11.8 Å². The van der Waals surface area contributed by atoms with Crippen molar-refractivity contribution in [2.75, 3.05) is 0 Å². The first-order valence-electron chi connectivity index (χ1n) is 6.98. The zero-order chi connectivity index (χ0) is 14.1. The first kappa shape index (κ1) is 13.6. The van der Waals surface area contributed by atoms with Crippen molar-refractivity contribution in [2.24, 2.45) is 11.8 Å². The van der Waals surface area contributed by atoms with Gasteiger partial charge in [-0.3, -0.25) is 11.3 Å². The van der Waals surface area contributed by atoms with Crippen molar-refractivity contribution >= 4 is 11.6 Å². The van der Waals surface area contributed by atoms with E-state index < -0.39 is 0 Å². The van der Waals surface area contributed by atoms with Gasteiger partial charge < -0.3 is 0 Å². The van der Waals surface area contributed by atoms with Gasteiger partial charge in [0.25, 0.3) is 0 Å². The van der Waals surface area contributed by atoms with E-state index in [1.807, 2.05) is 13.0 Å². The fourth-order valence-corrected chi connectivity index (χ4v) is 3.13. The molecule has 1 saturated carbocycles. The molecule has 0 aromatic heterocycles. The van der Waals surface area contributed by atoms with E-state index in [9.17, 15) is 0 Å². The molecule has 1 fully saturated rings. The quantitative estimate of drug-likeness (QED) is 0.659. The second-order valence-corrected chi connectivity index (χ2v) is 5.98. The molecule has 1 aliphatic rings. The fraction of sp³-hybridized carbons (Fsp3) is 0.294. The average molecular weight is 287 g/mol. The van der Waals surface area contributed by atoms with E-state index in [-0.39, 0.29) is 6.04 Å². The lowest BCUT2D eigenvalue weighted by molar-refractivity contribution is 0.487. The van der Waals surface area contributed by atoms with Crippen LogP contribution in [0.4, 0.5) is 0 Å². The molecule has 2 aromatic rings. The molecule has 3 rings (SSSR count). The minimum Gasteiger partial charge on any atom is -0.271 e. The number of hydrogen-bond acceptors (Lipinski definition) is 2. The van der Waals surface area contributed by atoms with Crippen LogP contribution in [0.1, 0.15) is 35.1 Å². The van der Waals surface area contributed by atoms with E-state index >= 15 is 0 Å². The minimum atomic E-state index is 0.165. The molecular weight excluding hydrogens is 268 g/mol. The van der Waals surface area contributed by atoms with Gasteiger partial charge in [0.15, 0.2) is 0 Å². The molecule has 0 saturated heterocycles. The first-order valence-corrected chi connectivity index (χ1v) is 7.35. The highest BCUT2D eigenvalue weighted by Gasteiger charge is 2.44. The van der Waals surface area contributed by atoms with Crippen molar-refractivity contribution in [1.29, 1.82) is 0 Å². The Labute approximate surface area is 124 Å². The van der Waals surface area contributed by atoms with Crippen molar-refractivity contribution in [3.8, 4) is 0 Å². The lowest BCUT2D eigenvalue weighted by Gasteiger charge is -2.17. The highest BCUT2D eigenvalue weighted by atomic mass is 35.5. The number of nitrogens with one attached hydrogen (secondary N) is 1. The van der Waals surface area contributed by atoms with Crippen LogP contribution in [-0.4, -0.2) is 0 Å². The van der Waals surface area contributed by atoms with Crippen LogP contribution >= 0.6 is 11.6 Å². The van der Waals surface area contributed by atoms with E-state index in [4.69, 9.17) is 17.4 Å². The Morgan fingerprint density at radius 2 is 1.95 bits per heavy atom. The molecule has 0 amide bonds. The van der Waals surface area contributed by atoms with Crippen LogP contribution in [0.5, 0.6) is 0 Å². The summed E-state index contributed by atoms with van der Waals surface area (Å²) in [6.45, 7) is 2.01. The zero-order valence-electron chi connectivity index (χ0n) is 11.5. The summed E-state index contributed by atoms with van der Waals surface area (Å²) in [6, 6.07) is 17.0. The number of hydrazine groups is 1. The second-order valence-electron chi connectivity index (χ2n) is 5.57. The largest absolute Gasteiger partial charge is 0.271 e. The Balaban J connectivity index is 1.80. The lowest BCUT2D eigenvalue weighted by atomic mass is 9.98. The molecule has 0 bridgehead atoms. The summed E-state index contributed by atoms with van der Waals surface area (Å²) in [5.74, 6) is 6.92. The Morgan fingerprint density at radius 3 is 2.60 bits per heavy atom. The average Bonchev–Trinajstić information content (AvgIpc) is 3.25. The predicted octanol–water partition coefficient (Wildman–Crippen LogP) is 3.96. The number of aryl methyl sites for hydroxylation is 1. The highest BCUT2D eigenvalue weighted by Crippen LogP contribution is 2.53. The summed E-state index contributed by atoms with van der Waals surface area (Å²) in [6.07, 6.45) is 1.17. The van der Waals surface area contributed by atoms with Gasteiger partial charge in [0.1, 0.15) is 0 Å². The normalized spacial score (nSPS) is 22.6. The molecule has 3 N–H and O–H groups in total. The predicted molar refractivity (Wildman–Crippen MR) is 83.5 cm³/mol. The van der Waals surface area contributed by atoms with Crippen LogP contribution in [0.3, 0.4) is 0 Å². The fourth-order valence-electron chi connectivity index (χ4n) is 2.94. The van der Waals surface area contributed by atoms with Gasteiger partial charge in [-0.15, -0.1) is 0 Å². The van der Waals surface area contributed by atoms with Crippen LogP contribution in [0.25, 0.3) is 0 Å². The third-order valence-corrected chi connectivity index (χ3v) is 4.64. The maximum absolute atomic E-state index is 6.22. The van der Waals surface area contributed by atoms with Gasteiger partial charge in [0, 0.05) is 11.1 Å². The van der Waals surface area contributed by atoms with Crippen LogP contribution in [-0.2, 0) is 0 Å². The molecule has 0 radical (unpaired) electrons. The summed E-state index contributed by atoms with van der Waals surface area (Å²) in [4.78, 5) is 0. The van der Waals surface area contributed by atoms with E-state index in [1.165, 1.54) is 17.5 Å². The van der Waals surface area contributed by atoms with Crippen LogP contribution < -0.4 is 11.3 Å². The molecule has 1 aliphatic carbocycles. The third-order valence-electron chi connectivity index (χ3n) is 4.23. The van der Waals surface area contributed by atoms with Gasteiger partial charge in [-0.25, -0.2) is 0 Å². The summed E-state index contributed by atoms with van der Waals surface area (Å²) in [7, 11) is 0. The molecule has 0 spiro atoms. The van der Waals surface area contributed by atoms with Crippen molar-refractivity contribution in [1.82, 2.24) is 5.43 Å². The molecule has 20 heavy (non-hydrogen) atoms. The Kier molecular flexibility index (Phi) is 3.79. The lowest BCUT2D eigenvalue weighted by Crippen LogP contribution is -2.29. The van der Waals surface area contributed by atoms with Gasteiger partial charge >= 0.3 is 0 Å². The molecule has 0 heterocycles. The molecular formula is C17H19ClN2. The summed E-state index contributed by atoms with van der Waals surface area (Å²) < 4.78 is 0. The maximum Gasteiger partial charge on any atom is 0.0494 e. The first-order chi connectivity index (χ1) is 9.70. The molecule has 2 aromatic carbocycles. The zero-order valence-corrected chi connectivity index (χ0v) is 12.3. The van der Waals surface area contributed by atoms with Gasteiger partial charge in [-0.05, 0) is 47.9 Å². The summed E-state index contributed by atoms with van der Waals surface area (Å²) in [5.41, 5.74) is 6.64. The Morgan fingerprint density at radius 1 is 1.20 bits per heavy atom. The van der Waals surface area contributed by atoms with Crippen molar-refractivity contribution in [2.45, 2.75) is 25.3 Å². The van der Waals surface area contributed by atoms with E-state index in [2.05, 4.69) is 47.9 Å². The summed E-state index contributed by atoms with van der Waals surface area (Å²) in [5, 5.41) is 0.805. The van der Waals surface area contributed by atoms with Gasteiger partial charge in [-0.1, -0.05) is 54.1 Å².